The zero-order chi connectivity index (χ0) is 16.5. The highest BCUT2D eigenvalue weighted by Gasteiger charge is 2.13. The monoisotopic (exact) mass is 318 g/mol. The summed E-state index contributed by atoms with van der Waals surface area (Å²) in [6, 6.07) is 7.07. The fourth-order valence-corrected chi connectivity index (χ4v) is 2.67. The number of hydrogen-bond donors (Lipinski definition) is 2. The van der Waals surface area contributed by atoms with Gasteiger partial charge in [0.15, 0.2) is 5.78 Å². The van der Waals surface area contributed by atoms with E-state index in [9.17, 15) is 9.59 Å². The van der Waals surface area contributed by atoms with Gasteiger partial charge in [0.25, 0.3) is 0 Å². The highest BCUT2D eigenvalue weighted by molar-refractivity contribution is 5.94. The van der Waals surface area contributed by atoms with E-state index in [0.29, 0.717) is 30.9 Å². The highest BCUT2D eigenvalue weighted by Crippen LogP contribution is 2.13. The number of carbonyl (C=O) groups is 2. The van der Waals surface area contributed by atoms with E-state index in [0.717, 1.165) is 31.8 Å². The first-order valence-electron chi connectivity index (χ1n) is 8.36. The summed E-state index contributed by atoms with van der Waals surface area (Å²) in [6.45, 7) is 4.98. The molecule has 1 amide bonds. The van der Waals surface area contributed by atoms with Crippen LogP contribution >= 0.6 is 0 Å². The van der Waals surface area contributed by atoms with Crippen molar-refractivity contribution in [2.75, 3.05) is 26.2 Å². The van der Waals surface area contributed by atoms with Crippen molar-refractivity contribution in [3.05, 3.63) is 29.8 Å². The Bertz CT molecular complexity index is 508. The van der Waals surface area contributed by atoms with E-state index < -0.39 is 0 Å². The average molecular weight is 318 g/mol. The molecule has 2 rings (SSSR count). The Morgan fingerprint density at radius 3 is 2.74 bits per heavy atom. The summed E-state index contributed by atoms with van der Waals surface area (Å²) in [4.78, 5) is 22.9. The molecule has 1 aromatic carbocycles. The number of amides is 1. The summed E-state index contributed by atoms with van der Waals surface area (Å²) < 4.78 is 5.58. The minimum Gasteiger partial charge on any atom is -0.494 e. The van der Waals surface area contributed by atoms with Crippen LogP contribution in [0.3, 0.4) is 0 Å². The molecule has 0 spiro atoms. The fraction of sp³-hybridized carbons (Fsp3) is 0.556. The van der Waals surface area contributed by atoms with Crippen LogP contribution < -0.4 is 15.4 Å². The third-order valence-corrected chi connectivity index (χ3v) is 4.11. The lowest BCUT2D eigenvalue weighted by molar-refractivity contribution is -0.121. The van der Waals surface area contributed by atoms with Crippen molar-refractivity contribution in [2.45, 2.75) is 32.6 Å². The standard InChI is InChI=1S/C18H26N2O3/c1-14(21)16-4-6-17(7-5-16)23-12-2-3-18(22)20-11-9-15-8-10-19-13-15/h4-7,15,19H,2-3,8-13H2,1H3,(H,20,22). The van der Waals surface area contributed by atoms with Crippen molar-refractivity contribution < 1.29 is 14.3 Å². The summed E-state index contributed by atoms with van der Waals surface area (Å²) in [6.07, 6.45) is 3.43. The number of benzene rings is 1. The summed E-state index contributed by atoms with van der Waals surface area (Å²) in [5.41, 5.74) is 0.675. The molecule has 2 N–H and O–H groups in total. The third kappa shape index (κ3) is 6.40. The second kappa shape index (κ2) is 9.30. The lowest BCUT2D eigenvalue weighted by Gasteiger charge is -2.10. The van der Waals surface area contributed by atoms with Crippen LogP contribution in [0.4, 0.5) is 0 Å². The van der Waals surface area contributed by atoms with Crippen molar-refractivity contribution in [2.24, 2.45) is 5.92 Å². The van der Waals surface area contributed by atoms with Gasteiger partial charge in [-0.25, -0.2) is 0 Å². The predicted octanol–water partition coefficient (Wildman–Crippen LogP) is 2.16. The van der Waals surface area contributed by atoms with Crippen molar-refractivity contribution in [1.82, 2.24) is 10.6 Å². The maximum atomic E-state index is 11.7. The quantitative estimate of drug-likeness (QED) is 0.541. The molecular weight excluding hydrogens is 292 g/mol. The van der Waals surface area contributed by atoms with E-state index in [2.05, 4.69) is 10.6 Å². The zero-order valence-corrected chi connectivity index (χ0v) is 13.8. The number of ketones is 1. The molecule has 126 valence electrons. The Kier molecular flexibility index (Phi) is 7.07. The second-order valence-corrected chi connectivity index (χ2v) is 6.03. The lowest BCUT2D eigenvalue weighted by Crippen LogP contribution is -2.26. The number of hydrogen-bond acceptors (Lipinski definition) is 4. The molecule has 0 bridgehead atoms. The van der Waals surface area contributed by atoms with Gasteiger partial charge in [-0.05, 0) is 69.5 Å². The van der Waals surface area contributed by atoms with Gasteiger partial charge in [0, 0.05) is 18.5 Å². The van der Waals surface area contributed by atoms with E-state index in [1.54, 1.807) is 24.3 Å². The molecule has 5 nitrogen and oxygen atoms in total. The van der Waals surface area contributed by atoms with E-state index in [1.807, 2.05) is 0 Å². The number of rotatable bonds is 9. The molecular formula is C18H26N2O3. The first kappa shape index (κ1) is 17.5. The van der Waals surface area contributed by atoms with Crippen LogP contribution in [0.5, 0.6) is 5.75 Å². The summed E-state index contributed by atoms with van der Waals surface area (Å²) in [5.74, 6) is 1.56. The van der Waals surface area contributed by atoms with Crippen LogP contribution in [0.25, 0.3) is 0 Å². The number of ether oxygens (including phenoxy) is 1. The van der Waals surface area contributed by atoms with Crippen molar-refractivity contribution in [3.63, 3.8) is 0 Å². The van der Waals surface area contributed by atoms with Gasteiger partial charge in [0.1, 0.15) is 5.75 Å². The van der Waals surface area contributed by atoms with Crippen molar-refractivity contribution >= 4 is 11.7 Å². The van der Waals surface area contributed by atoms with Crippen molar-refractivity contribution in [3.8, 4) is 5.75 Å². The van der Waals surface area contributed by atoms with Gasteiger partial charge >= 0.3 is 0 Å². The van der Waals surface area contributed by atoms with Gasteiger partial charge in [-0.3, -0.25) is 9.59 Å². The minimum atomic E-state index is 0.0432. The van der Waals surface area contributed by atoms with Crippen LogP contribution in [-0.2, 0) is 4.79 Å². The molecule has 1 unspecified atom stereocenters. The third-order valence-electron chi connectivity index (χ3n) is 4.11. The topological polar surface area (TPSA) is 67.4 Å². The largest absolute Gasteiger partial charge is 0.494 e. The summed E-state index contributed by atoms with van der Waals surface area (Å²) in [7, 11) is 0. The molecule has 0 saturated carbocycles. The van der Waals surface area contributed by atoms with Crippen LogP contribution in [0.1, 0.15) is 43.0 Å². The second-order valence-electron chi connectivity index (χ2n) is 6.03. The molecule has 0 aliphatic carbocycles. The number of carbonyl (C=O) groups excluding carboxylic acids is 2. The van der Waals surface area contributed by atoms with Gasteiger partial charge < -0.3 is 15.4 Å². The maximum absolute atomic E-state index is 11.7. The Hall–Kier alpha value is -1.88. The number of nitrogens with one attached hydrogen (secondary N) is 2. The average Bonchev–Trinajstić information content (AvgIpc) is 3.05. The van der Waals surface area contributed by atoms with E-state index in [1.165, 1.54) is 13.3 Å². The van der Waals surface area contributed by atoms with Gasteiger partial charge in [0.05, 0.1) is 6.61 Å². The summed E-state index contributed by atoms with van der Waals surface area (Å²) >= 11 is 0. The molecule has 1 heterocycles. The Morgan fingerprint density at radius 2 is 2.09 bits per heavy atom. The molecule has 1 atom stereocenters. The molecule has 1 aliphatic heterocycles. The molecule has 5 heteroatoms. The van der Waals surface area contributed by atoms with Gasteiger partial charge in [-0.1, -0.05) is 0 Å². The molecule has 1 fully saturated rings. The first-order valence-corrected chi connectivity index (χ1v) is 8.36. The lowest BCUT2D eigenvalue weighted by atomic mass is 10.1. The number of Topliss-reactive ketones (excluding diaryl/α,β-unsaturated/α-hetero) is 1. The molecule has 0 radical (unpaired) electrons. The Morgan fingerprint density at radius 1 is 1.30 bits per heavy atom. The fourth-order valence-electron chi connectivity index (χ4n) is 2.67. The molecule has 1 aromatic rings. The predicted molar refractivity (Wildman–Crippen MR) is 89.8 cm³/mol. The normalized spacial score (nSPS) is 17.0. The Balaban J connectivity index is 1.53. The summed E-state index contributed by atoms with van der Waals surface area (Å²) in [5, 5.41) is 6.30. The van der Waals surface area contributed by atoms with E-state index in [-0.39, 0.29) is 11.7 Å². The molecule has 1 saturated heterocycles. The van der Waals surface area contributed by atoms with Crippen LogP contribution in [0.15, 0.2) is 24.3 Å². The van der Waals surface area contributed by atoms with Crippen LogP contribution in [-0.4, -0.2) is 37.9 Å². The maximum Gasteiger partial charge on any atom is 0.220 e. The van der Waals surface area contributed by atoms with E-state index in [4.69, 9.17) is 4.74 Å². The molecule has 1 aliphatic rings. The first-order chi connectivity index (χ1) is 11.1. The van der Waals surface area contributed by atoms with Gasteiger partial charge in [-0.2, -0.15) is 0 Å². The van der Waals surface area contributed by atoms with Gasteiger partial charge in [0.2, 0.25) is 5.91 Å². The zero-order valence-electron chi connectivity index (χ0n) is 13.8. The van der Waals surface area contributed by atoms with Crippen LogP contribution in [0.2, 0.25) is 0 Å². The van der Waals surface area contributed by atoms with Gasteiger partial charge in [-0.15, -0.1) is 0 Å². The SMILES string of the molecule is CC(=O)c1ccc(OCCCC(=O)NCCC2CCNC2)cc1. The van der Waals surface area contributed by atoms with Crippen LogP contribution in [0, 0.1) is 5.92 Å². The van der Waals surface area contributed by atoms with Crippen molar-refractivity contribution in [1.29, 1.82) is 0 Å². The Labute approximate surface area is 137 Å². The molecule has 23 heavy (non-hydrogen) atoms. The highest BCUT2D eigenvalue weighted by atomic mass is 16.5. The smallest absolute Gasteiger partial charge is 0.220 e. The molecule has 0 aromatic heterocycles. The van der Waals surface area contributed by atoms with E-state index >= 15 is 0 Å². The minimum absolute atomic E-state index is 0.0432.